The van der Waals surface area contributed by atoms with Gasteiger partial charge in [-0.2, -0.15) is 0 Å². The Morgan fingerprint density at radius 3 is 2.78 bits per heavy atom. The lowest BCUT2D eigenvalue weighted by Crippen LogP contribution is -2.47. The Bertz CT molecular complexity index is 435. The van der Waals surface area contributed by atoms with E-state index in [-0.39, 0.29) is 11.4 Å². The number of rotatable bonds is 2. The van der Waals surface area contributed by atoms with Gasteiger partial charge in [0.2, 0.25) is 0 Å². The molecule has 1 fully saturated rings. The van der Waals surface area contributed by atoms with Crippen LogP contribution < -0.4 is 5.73 Å². The molecule has 0 saturated heterocycles. The van der Waals surface area contributed by atoms with Crippen molar-refractivity contribution in [2.75, 3.05) is 0 Å². The van der Waals surface area contributed by atoms with Crippen LogP contribution >= 0.6 is 15.9 Å². The fraction of sp³-hybridized carbons (Fsp3) is 0.600. The third-order valence-corrected chi connectivity index (χ3v) is 5.12. The van der Waals surface area contributed by atoms with Crippen LogP contribution in [0, 0.1) is 17.7 Å². The normalized spacial score (nSPS) is 32.5. The minimum atomic E-state index is -0.186. The van der Waals surface area contributed by atoms with Crippen LogP contribution in [0.2, 0.25) is 0 Å². The smallest absolute Gasteiger partial charge is 0.123 e. The SMILES string of the molecule is CC1CCC(N)(Cc2cc(F)ccc2Br)CC1C. The summed E-state index contributed by atoms with van der Waals surface area (Å²) in [4.78, 5) is 0. The molecule has 1 aromatic carbocycles. The highest BCUT2D eigenvalue weighted by Crippen LogP contribution is 2.37. The van der Waals surface area contributed by atoms with Crippen molar-refractivity contribution in [1.82, 2.24) is 0 Å². The first-order chi connectivity index (χ1) is 8.39. The monoisotopic (exact) mass is 313 g/mol. The fourth-order valence-corrected chi connectivity index (χ4v) is 3.35. The van der Waals surface area contributed by atoms with Crippen LogP contribution in [0.25, 0.3) is 0 Å². The van der Waals surface area contributed by atoms with E-state index in [0.29, 0.717) is 5.92 Å². The van der Waals surface area contributed by atoms with Gasteiger partial charge in [-0.1, -0.05) is 29.8 Å². The summed E-state index contributed by atoms with van der Waals surface area (Å²) in [6.45, 7) is 4.56. The summed E-state index contributed by atoms with van der Waals surface area (Å²) in [6, 6.07) is 4.84. The molecule has 2 rings (SSSR count). The lowest BCUT2D eigenvalue weighted by Gasteiger charge is -2.40. The van der Waals surface area contributed by atoms with Gasteiger partial charge >= 0.3 is 0 Å². The van der Waals surface area contributed by atoms with Crippen LogP contribution in [0.4, 0.5) is 4.39 Å². The second kappa shape index (κ2) is 5.30. The second-order valence-electron chi connectivity index (χ2n) is 5.97. The topological polar surface area (TPSA) is 26.0 Å². The molecule has 100 valence electrons. The number of halogens is 2. The lowest BCUT2D eigenvalue weighted by molar-refractivity contribution is 0.175. The maximum atomic E-state index is 13.3. The molecule has 3 unspecified atom stereocenters. The van der Waals surface area contributed by atoms with Gasteiger partial charge in [-0.25, -0.2) is 4.39 Å². The van der Waals surface area contributed by atoms with Crippen LogP contribution in [0.15, 0.2) is 22.7 Å². The van der Waals surface area contributed by atoms with E-state index in [1.54, 1.807) is 12.1 Å². The van der Waals surface area contributed by atoms with Gasteiger partial charge in [0.05, 0.1) is 0 Å². The molecule has 0 aromatic heterocycles. The van der Waals surface area contributed by atoms with E-state index in [0.717, 1.165) is 35.2 Å². The molecule has 1 aliphatic rings. The third-order valence-electron chi connectivity index (χ3n) is 4.35. The molecule has 1 saturated carbocycles. The van der Waals surface area contributed by atoms with E-state index in [2.05, 4.69) is 29.8 Å². The van der Waals surface area contributed by atoms with Crippen LogP contribution in [0.3, 0.4) is 0 Å². The summed E-state index contributed by atoms with van der Waals surface area (Å²) in [5.41, 5.74) is 7.33. The summed E-state index contributed by atoms with van der Waals surface area (Å²) >= 11 is 3.49. The molecule has 0 radical (unpaired) electrons. The summed E-state index contributed by atoms with van der Waals surface area (Å²) < 4.78 is 14.3. The van der Waals surface area contributed by atoms with Gasteiger partial charge in [0.15, 0.2) is 0 Å². The zero-order valence-corrected chi connectivity index (χ0v) is 12.6. The van der Waals surface area contributed by atoms with Gasteiger partial charge < -0.3 is 5.73 Å². The van der Waals surface area contributed by atoms with Gasteiger partial charge in [-0.15, -0.1) is 0 Å². The van der Waals surface area contributed by atoms with Crippen LogP contribution in [0.1, 0.15) is 38.7 Å². The predicted molar refractivity (Wildman–Crippen MR) is 76.9 cm³/mol. The molecule has 1 aliphatic carbocycles. The first-order valence-electron chi connectivity index (χ1n) is 6.62. The van der Waals surface area contributed by atoms with Crippen LogP contribution in [-0.4, -0.2) is 5.54 Å². The van der Waals surface area contributed by atoms with E-state index in [1.807, 2.05) is 0 Å². The summed E-state index contributed by atoms with van der Waals surface area (Å²) in [6.07, 6.45) is 3.98. The highest BCUT2D eigenvalue weighted by molar-refractivity contribution is 9.10. The van der Waals surface area contributed by atoms with Gasteiger partial charge in [-0.05, 0) is 61.3 Å². The Morgan fingerprint density at radius 2 is 2.11 bits per heavy atom. The molecule has 3 heteroatoms. The maximum absolute atomic E-state index is 13.3. The molecule has 0 amide bonds. The molecule has 0 bridgehead atoms. The van der Waals surface area contributed by atoms with Crippen molar-refractivity contribution in [3.05, 3.63) is 34.1 Å². The minimum absolute atomic E-state index is 0.178. The highest BCUT2D eigenvalue weighted by Gasteiger charge is 2.34. The largest absolute Gasteiger partial charge is 0.325 e. The number of benzene rings is 1. The standard InChI is InChI=1S/C15H21BrFN/c1-10-5-6-15(18,8-11(10)2)9-12-7-13(17)3-4-14(12)16/h3-4,7,10-11H,5-6,8-9,18H2,1-2H3. The average molecular weight is 314 g/mol. The van der Waals surface area contributed by atoms with Crippen LogP contribution in [0.5, 0.6) is 0 Å². The predicted octanol–water partition coefficient (Wildman–Crippen LogP) is 4.28. The fourth-order valence-electron chi connectivity index (χ4n) is 2.96. The van der Waals surface area contributed by atoms with E-state index in [4.69, 9.17) is 5.73 Å². The molecular formula is C15H21BrFN. The Kier molecular flexibility index (Phi) is 4.12. The molecule has 2 N–H and O–H groups in total. The number of nitrogens with two attached hydrogens (primary N) is 1. The van der Waals surface area contributed by atoms with Crippen LogP contribution in [-0.2, 0) is 6.42 Å². The van der Waals surface area contributed by atoms with E-state index < -0.39 is 0 Å². The minimum Gasteiger partial charge on any atom is -0.325 e. The Morgan fingerprint density at radius 1 is 1.39 bits per heavy atom. The molecular weight excluding hydrogens is 293 g/mol. The Labute approximate surface area is 117 Å². The van der Waals surface area contributed by atoms with E-state index in [9.17, 15) is 4.39 Å². The van der Waals surface area contributed by atoms with Crippen molar-refractivity contribution >= 4 is 15.9 Å². The average Bonchev–Trinajstić information content (AvgIpc) is 2.29. The highest BCUT2D eigenvalue weighted by atomic mass is 79.9. The number of hydrogen-bond acceptors (Lipinski definition) is 1. The molecule has 0 aliphatic heterocycles. The summed E-state index contributed by atoms with van der Waals surface area (Å²) in [5, 5.41) is 0. The van der Waals surface area contributed by atoms with Crippen molar-refractivity contribution < 1.29 is 4.39 Å². The summed E-state index contributed by atoms with van der Waals surface area (Å²) in [7, 11) is 0. The molecule has 1 nitrogen and oxygen atoms in total. The number of hydrogen-bond donors (Lipinski definition) is 1. The molecule has 0 heterocycles. The van der Waals surface area contributed by atoms with Crippen molar-refractivity contribution in [1.29, 1.82) is 0 Å². The van der Waals surface area contributed by atoms with Gasteiger partial charge in [0, 0.05) is 10.0 Å². The second-order valence-corrected chi connectivity index (χ2v) is 6.83. The molecule has 3 atom stereocenters. The van der Waals surface area contributed by atoms with Crippen molar-refractivity contribution in [3.63, 3.8) is 0 Å². The summed E-state index contributed by atoms with van der Waals surface area (Å²) in [5.74, 6) is 1.21. The van der Waals surface area contributed by atoms with Gasteiger partial charge in [0.1, 0.15) is 5.82 Å². The lowest BCUT2D eigenvalue weighted by atomic mass is 9.69. The zero-order chi connectivity index (χ0) is 13.3. The van der Waals surface area contributed by atoms with Crippen molar-refractivity contribution in [2.45, 2.75) is 45.1 Å². The van der Waals surface area contributed by atoms with Gasteiger partial charge in [0.25, 0.3) is 0 Å². The molecule has 18 heavy (non-hydrogen) atoms. The first kappa shape index (κ1) is 14.0. The zero-order valence-electron chi connectivity index (χ0n) is 11.0. The van der Waals surface area contributed by atoms with Crippen molar-refractivity contribution in [3.8, 4) is 0 Å². The quantitative estimate of drug-likeness (QED) is 0.866. The van der Waals surface area contributed by atoms with E-state index in [1.165, 1.54) is 12.5 Å². The maximum Gasteiger partial charge on any atom is 0.123 e. The third kappa shape index (κ3) is 3.12. The molecule has 1 aromatic rings. The molecule has 0 spiro atoms. The Hall–Kier alpha value is -0.410. The van der Waals surface area contributed by atoms with Gasteiger partial charge in [-0.3, -0.25) is 0 Å². The van der Waals surface area contributed by atoms with E-state index >= 15 is 0 Å². The first-order valence-corrected chi connectivity index (χ1v) is 7.42. The van der Waals surface area contributed by atoms with Crippen molar-refractivity contribution in [2.24, 2.45) is 17.6 Å². The Balaban J connectivity index is 2.15.